The van der Waals surface area contributed by atoms with E-state index in [1.54, 1.807) is 6.07 Å². The number of ether oxygens (including phenoxy) is 1. The van der Waals surface area contributed by atoms with Gasteiger partial charge >= 0.3 is 0 Å². The van der Waals surface area contributed by atoms with Gasteiger partial charge in [0.1, 0.15) is 17.4 Å². The van der Waals surface area contributed by atoms with Crippen LogP contribution in [0.5, 0.6) is 5.75 Å². The predicted octanol–water partition coefficient (Wildman–Crippen LogP) is 5.36. The molecule has 0 bridgehead atoms. The van der Waals surface area contributed by atoms with Crippen molar-refractivity contribution in [3.8, 4) is 11.8 Å². The van der Waals surface area contributed by atoms with Crippen molar-refractivity contribution in [2.24, 2.45) is 5.73 Å². The van der Waals surface area contributed by atoms with E-state index in [0.717, 1.165) is 21.9 Å². The van der Waals surface area contributed by atoms with Gasteiger partial charge in [0.25, 0.3) is 0 Å². The fraction of sp³-hybridized carbons (Fsp3) is 0.0500. The van der Waals surface area contributed by atoms with Crippen LogP contribution in [0.15, 0.2) is 66.1 Å². The van der Waals surface area contributed by atoms with Crippen LogP contribution in [0, 0.1) is 11.3 Å². The van der Waals surface area contributed by atoms with Gasteiger partial charge in [0, 0.05) is 5.56 Å². The highest BCUT2D eigenvalue weighted by molar-refractivity contribution is 6.42. The topological polar surface area (TPSA) is 59.0 Å². The Morgan fingerprint density at radius 1 is 1.00 bits per heavy atom. The van der Waals surface area contributed by atoms with Crippen molar-refractivity contribution in [3.05, 3.63) is 87.2 Å². The van der Waals surface area contributed by atoms with Gasteiger partial charge in [-0.3, -0.25) is 0 Å². The Balaban J connectivity index is 2.10. The van der Waals surface area contributed by atoms with E-state index in [1.165, 1.54) is 0 Å². The number of halogens is 2. The van der Waals surface area contributed by atoms with Gasteiger partial charge in [-0.1, -0.05) is 65.7 Å². The van der Waals surface area contributed by atoms with E-state index < -0.39 is 5.92 Å². The van der Waals surface area contributed by atoms with E-state index in [0.29, 0.717) is 21.4 Å². The normalized spacial score (nSPS) is 16.3. The Kier molecular flexibility index (Phi) is 3.80. The van der Waals surface area contributed by atoms with Crippen molar-refractivity contribution < 1.29 is 4.74 Å². The molecule has 1 aliphatic heterocycles. The molecule has 0 radical (unpaired) electrons. The van der Waals surface area contributed by atoms with Gasteiger partial charge in [-0.2, -0.15) is 5.26 Å². The van der Waals surface area contributed by atoms with Crippen LogP contribution >= 0.6 is 23.2 Å². The molecule has 3 aromatic rings. The summed E-state index contributed by atoms with van der Waals surface area (Å²) in [5.41, 5.74) is 7.95. The molecule has 0 aromatic heterocycles. The summed E-state index contributed by atoms with van der Waals surface area (Å²) < 4.78 is 5.72. The standard InChI is InChI=1S/C20H12Cl2N2O/c21-15-7-3-6-13(19(15)22)17-14(10-23)20(24)25-16-9-8-11-4-1-2-5-12(11)18(16)17/h1-9,17H,24H2/t17-/m0/s1. The predicted molar refractivity (Wildman–Crippen MR) is 99.7 cm³/mol. The molecule has 1 heterocycles. The molecule has 5 heteroatoms. The number of fused-ring (bicyclic) bond motifs is 3. The number of nitrogens with two attached hydrogens (primary N) is 1. The van der Waals surface area contributed by atoms with Crippen LogP contribution in [0.25, 0.3) is 10.8 Å². The van der Waals surface area contributed by atoms with Crippen molar-refractivity contribution in [1.82, 2.24) is 0 Å². The van der Waals surface area contributed by atoms with E-state index in [-0.39, 0.29) is 5.88 Å². The summed E-state index contributed by atoms with van der Waals surface area (Å²) in [6, 6.07) is 19.3. The monoisotopic (exact) mass is 366 g/mol. The Bertz CT molecular complexity index is 1080. The Labute approximate surface area is 154 Å². The molecule has 25 heavy (non-hydrogen) atoms. The largest absolute Gasteiger partial charge is 0.440 e. The molecular weight excluding hydrogens is 355 g/mol. The van der Waals surface area contributed by atoms with Crippen molar-refractivity contribution in [3.63, 3.8) is 0 Å². The molecule has 4 rings (SSSR count). The highest BCUT2D eigenvalue weighted by Crippen LogP contribution is 2.47. The zero-order valence-electron chi connectivity index (χ0n) is 13.0. The average Bonchev–Trinajstić information content (AvgIpc) is 2.63. The van der Waals surface area contributed by atoms with Gasteiger partial charge in [0.2, 0.25) is 5.88 Å². The van der Waals surface area contributed by atoms with Crippen LogP contribution < -0.4 is 10.5 Å². The van der Waals surface area contributed by atoms with Crippen molar-refractivity contribution in [1.29, 1.82) is 5.26 Å². The summed E-state index contributed by atoms with van der Waals surface area (Å²) in [4.78, 5) is 0. The van der Waals surface area contributed by atoms with E-state index >= 15 is 0 Å². The van der Waals surface area contributed by atoms with Crippen LogP contribution in [-0.2, 0) is 0 Å². The van der Waals surface area contributed by atoms with E-state index in [1.807, 2.05) is 48.5 Å². The number of hydrogen-bond donors (Lipinski definition) is 1. The molecule has 3 aromatic carbocycles. The maximum Gasteiger partial charge on any atom is 0.205 e. The van der Waals surface area contributed by atoms with Crippen molar-refractivity contribution >= 4 is 34.0 Å². The zero-order chi connectivity index (χ0) is 17.6. The summed E-state index contributed by atoms with van der Waals surface area (Å²) in [5.74, 6) is 0.272. The fourth-order valence-corrected chi connectivity index (χ4v) is 3.71. The summed E-state index contributed by atoms with van der Waals surface area (Å²) in [6.45, 7) is 0. The Morgan fingerprint density at radius 3 is 2.60 bits per heavy atom. The summed E-state index contributed by atoms with van der Waals surface area (Å²) >= 11 is 12.7. The lowest BCUT2D eigenvalue weighted by Gasteiger charge is -2.28. The zero-order valence-corrected chi connectivity index (χ0v) is 14.5. The molecule has 0 saturated carbocycles. The molecule has 0 unspecified atom stereocenters. The molecule has 122 valence electrons. The van der Waals surface area contributed by atoms with Crippen molar-refractivity contribution in [2.45, 2.75) is 5.92 Å². The van der Waals surface area contributed by atoms with Gasteiger partial charge < -0.3 is 10.5 Å². The Morgan fingerprint density at radius 2 is 1.80 bits per heavy atom. The van der Waals surface area contributed by atoms with Gasteiger partial charge in [-0.05, 0) is 28.5 Å². The third-order valence-electron chi connectivity index (χ3n) is 4.41. The van der Waals surface area contributed by atoms with Crippen LogP contribution in [0.4, 0.5) is 0 Å². The first-order valence-corrected chi connectivity index (χ1v) is 8.40. The highest BCUT2D eigenvalue weighted by Gasteiger charge is 2.33. The van der Waals surface area contributed by atoms with E-state index in [4.69, 9.17) is 33.7 Å². The third-order valence-corrected chi connectivity index (χ3v) is 5.24. The molecule has 0 fully saturated rings. The van der Waals surface area contributed by atoms with Gasteiger partial charge in [0.05, 0.1) is 16.0 Å². The molecule has 0 spiro atoms. The number of rotatable bonds is 1. The minimum atomic E-state index is -0.439. The van der Waals surface area contributed by atoms with Gasteiger partial charge in [0.15, 0.2) is 0 Å². The molecule has 0 saturated heterocycles. The minimum Gasteiger partial charge on any atom is -0.440 e. The van der Waals surface area contributed by atoms with Crippen LogP contribution in [0.1, 0.15) is 17.0 Å². The summed E-state index contributed by atoms with van der Waals surface area (Å²) in [5, 5.41) is 12.6. The molecule has 0 aliphatic carbocycles. The molecular formula is C20H12Cl2N2O. The minimum absolute atomic E-state index is 0.0892. The quantitative estimate of drug-likeness (QED) is 0.630. The number of allylic oxidation sites excluding steroid dienone is 1. The number of hydrogen-bond acceptors (Lipinski definition) is 3. The maximum absolute atomic E-state index is 9.71. The summed E-state index contributed by atoms with van der Waals surface area (Å²) in [7, 11) is 0. The van der Waals surface area contributed by atoms with Crippen molar-refractivity contribution in [2.75, 3.05) is 0 Å². The smallest absolute Gasteiger partial charge is 0.205 e. The lowest BCUT2D eigenvalue weighted by atomic mass is 9.81. The lowest BCUT2D eigenvalue weighted by molar-refractivity contribution is 0.395. The number of nitrogens with zero attached hydrogens (tertiary/aromatic N) is 1. The first-order chi connectivity index (χ1) is 12.1. The molecule has 0 amide bonds. The first kappa shape index (κ1) is 15.8. The molecule has 3 nitrogen and oxygen atoms in total. The van der Waals surface area contributed by atoms with Crippen LogP contribution in [0.3, 0.4) is 0 Å². The lowest BCUT2D eigenvalue weighted by Crippen LogP contribution is -2.21. The third kappa shape index (κ3) is 2.42. The number of nitriles is 1. The molecule has 1 atom stereocenters. The maximum atomic E-state index is 9.71. The Hall–Kier alpha value is -2.67. The number of benzene rings is 3. The molecule has 2 N–H and O–H groups in total. The first-order valence-electron chi connectivity index (χ1n) is 7.65. The van der Waals surface area contributed by atoms with Crippen LogP contribution in [0.2, 0.25) is 10.0 Å². The highest BCUT2D eigenvalue weighted by atomic mass is 35.5. The van der Waals surface area contributed by atoms with Crippen LogP contribution in [-0.4, -0.2) is 0 Å². The molecule has 1 aliphatic rings. The van der Waals surface area contributed by atoms with E-state index in [9.17, 15) is 5.26 Å². The summed E-state index contributed by atoms with van der Waals surface area (Å²) in [6.07, 6.45) is 0. The second-order valence-electron chi connectivity index (χ2n) is 5.77. The van der Waals surface area contributed by atoms with Gasteiger partial charge in [-0.25, -0.2) is 0 Å². The average molecular weight is 367 g/mol. The fourth-order valence-electron chi connectivity index (χ4n) is 3.30. The van der Waals surface area contributed by atoms with Gasteiger partial charge in [-0.15, -0.1) is 0 Å². The second-order valence-corrected chi connectivity index (χ2v) is 6.55. The SMILES string of the molecule is N#CC1=C(N)Oc2ccc3ccccc3c2[C@H]1c1cccc(Cl)c1Cl. The second kappa shape index (κ2) is 6.00. The van der Waals surface area contributed by atoms with E-state index in [2.05, 4.69) is 6.07 Å².